The lowest BCUT2D eigenvalue weighted by atomic mass is 10.0. The second-order valence-electron chi connectivity index (χ2n) is 5.66. The van der Waals surface area contributed by atoms with Crippen LogP contribution in [0, 0.1) is 6.57 Å². The fourth-order valence-corrected chi connectivity index (χ4v) is 4.56. The normalized spacial score (nSPS) is 10.7. The summed E-state index contributed by atoms with van der Waals surface area (Å²) in [6, 6.07) is 10.7. The molecular formula is C19H11Cl2N5S. The van der Waals surface area contributed by atoms with Crippen molar-refractivity contribution < 1.29 is 0 Å². The van der Waals surface area contributed by atoms with Gasteiger partial charge in [-0.1, -0.05) is 29.3 Å². The molecule has 3 aromatic heterocycles. The lowest BCUT2D eigenvalue weighted by molar-refractivity contribution is 1.10. The van der Waals surface area contributed by atoms with Crippen LogP contribution in [0.3, 0.4) is 0 Å². The summed E-state index contributed by atoms with van der Waals surface area (Å²) in [5.41, 5.74) is 9.46. The van der Waals surface area contributed by atoms with Crippen LogP contribution in [0.2, 0.25) is 10.0 Å². The molecule has 0 aliphatic rings. The van der Waals surface area contributed by atoms with Gasteiger partial charge in [-0.25, -0.2) is 9.83 Å². The highest BCUT2D eigenvalue weighted by Crippen LogP contribution is 2.53. The maximum atomic E-state index is 7.82. The number of thiophene rings is 1. The number of nitrogens with two attached hydrogens (primary N) is 1. The highest BCUT2D eigenvalue weighted by Gasteiger charge is 2.24. The van der Waals surface area contributed by atoms with Gasteiger partial charge in [0.1, 0.15) is 5.82 Å². The van der Waals surface area contributed by atoms with Crippen molar-refractivity contribution in [3.05, 3.63) is 70.3 Å². The fourth-order valence-electron chi connectivity index (χ4n) is 2.83. The van der Waals surface area contributed by atoms with Gasteiger partial charge < -0.3 is 5.73 Å². The Bertz CT molecular complexity index is 1180. The van der Waals surface area contributed by atoms with Crippen LogP contribution in [0.5, 0.6) is 0 Å². The van der Waals surface area contributed by atoms with Gasteiger partial charge in [0.15, 0.2) is 0 Å². The number of aromatic nitrogens is 3. The minimum atomic E-state index is 0.394. The largest absolute Gasteiger partial charge is 0.384 e. The van der Waals surface area contributed by atoms with Crippen molar-refractivity contribution in [3.63, 3.8) is 0 Å². The second kappa shape index (κ2) is 7.05. The van der Waals surface area contributed by atoms with Crippen molar-refractivity contribution >= 4 is 46.0 Å². The molecule has 8 heteroatoms. The number of rotatable bonds is 3. The molecule has 4 aromatic rings. The van der Waals surface area contributed by atoms with Gasteiger partial charge >= 0.3 is 0 Å². The summed E-state index contributed by atoms with van der Waals surface area (Å²) in [4.78, 5) is 9.52. The van der Waals surface area contributed by atoms with E-state index in [9.17, 15) is 0 Å². The van der Waals surface area contributed by atoms with E-state index in [0.717, 1.165) is 32.1 Å². The fraction of sp³-hybridized carbons (Fsp3) is 0. The molecule has 5 nitrogen and oxygen atoms in total. The zero-order valence-corrected chi connectivity index (χ0v) is 16.0. The molecule has 1 aromatic carbocycles. The summed E-state index contributed by atoms with van der Waals surface area (Å²) in [5, 5.41) is 8.03. The number of hydrogen-bond acceptors (Lipinski definition) is 4. The Labute approximate surface area is 169 Å². The molecule has 0 amide bonds. The number of hydrogen-bond donors (Lipinski definition) is 2. The molecule has 0 spiro atoms. The van der Waals surface area contributed by atoms with Gasteiger partial charge in [0, 0.05) is 37.8 Å². The summed E-state index contributed by atoms with van der Waals surface area (Å²) in [6.45, 7) is 7.82. The first-order chi connectivity index (χ1) is 13.1. The lowest BCUT2D eigenvalue weighted by Crippen LogP contribution is -1.88. The number of nitrogen functional groups attached to an aromatic ring is 1. The topological polar surface area (TPSA) is 71.9 Å². The number of nitrogens with one attached hydrogen (secondary N) is 1. The van der Waals surface area contributed by atoms with Crippen LogP contribution in [0.25, 0.3) is 37.0 Å². The second-order valence-corrected chi connectivity index (χ2v) is 7.52. The molecule has 0 saturated heterocycles. The molecule has 27 heavy (non-hydrogen) atoms. The van der Waals surface area contributed by atoms with Gasteiger partial charge in [-0.05, 0) is 41.5 Å². The maximum absolute atomic E-state index is 7.82. The number of nitrogens with zero attached hydrogens (tertiary/aromatic N) is 3. The summed E-state index contributed by atoms with van der Waals surface area (Å²) in [6.07, 6.45) is 3.30. The zero-order chi connectivity index (χ0) is 19.0. The van der Waals surface area contributed by atoms with Gasteiger partial charge in [-0.3, -0.25) is 5.10 Å². The maximum Gasteiger partial charge on any atom is 0.213 e. The number of benzene rings is 1. The molecule has 0 fully saturated rings. The van der Waals surface area contributed by atoms with E-state index in [2.05, 4.69) is 20.0 Å². The van der Waals surface area contributed by atoms with Gasteiger partial charge in [0.25, 0.3) is 0 Å². The van der Waals surface area contributed by atoms with Crippen LogP contribution in [-0.4, -0.2) is 15.2 Å². The van der Waals surface area contributed by atoms with Crippen molar-refractivity contribution in [3.8, 4) is 32.1 Å². The third-order valence-electron chi connectivity index (χ3n) is 3.98. The molecule has 132 valence electrons. The standard InChI is InChI=1S/C19H11Cl2N5S/c1-23-17-16(12-3-2-11(20)9-13(12)21)19(14-5-7-25-26-14)27-18(17)10-4-6-24-15(22)8-10/h2-9H,(H2,22,24)(H,25,26). The van der Waals surface area contributed by atoms with E-state index in [0.29, 0.717) is 21.6 Å². The average Bonchev–Trinajstić information content (AvgIpc) is 3.29. The molecule has 3 heterocycles. The van der Waals surface area contributed by atoms with E-state index in [4.69, 9.17) is 35.5 Å². The molecule has 0 bridgehead atoms. The quantitative estimate of drug-likeness (QED) is 0.388. The molecule has 0 radical (unpaired) electrons. The highest BCUT2D eigenvalue weighted by atomic mass is 35.5. The van der Waals surface area contributed by atoms with Crippen molar-refractivity contribution in [1.29, 1.82) is 0 Å². The molecule has 4 rings (SSSR count). The Morgan fingerprint density at radius 1 is 1.07 bits per heavy atom. The Morgan fingerprint density at radius 2 is 1.93 bits per heavy atom. The predicted molar refractivity (Wildman–Crippen MR) is 111 cm³/mol. The molecule has 0 aliphatic heterocycles. The van der Waals surface area contributed by atoms with E-state index in [1.54, 1.807) is 30.6 Å². The average molecular weight is 412 g/mol. The molecule has 0 atom stereocenters. The molecule has 3 N–H and O–H groups in total. The summed E-state index contributed by atoms with van der Waals surface area (Å²) >= 11 is 14.0. The molecule has 0 aliphatic carbocycles. The highest BCUT2D eigenvalue weighted by molar-refractivity contribution is 7.20. The zero-order valence-electron chi connectivity index (χ0n) is 13.7. The third-order valence-corrected chi connectivity index (χ3v) is 5.79. The number of pyridine rings is 1. The molecule has 0 unspecified atom stereocenters. The minimum absolute atomic E-state index is 0.394. The third kappa shape index (κ3) is 3.17. The number of aromatic amines is 1. The molecular weight excluding hydrogens is 401 g/mol. The number of H-pyrrole nitrogens is 1. The summed E-state index contributed by atoms with van der Waals surface area (Å²) < 4.78 is 0. The van der Waals surface area contributed by atoms with Crippen LogP contribution in [0.4, 0.5) is 11.5 Å². The van der Waals surface area contributed by atoms with Gasteiger partial charge in [0.2, 0.25) is 5.69 Å². The summed E-state index contributed by atoms with van der Waals surface area (Å²) in [5.74, 6) is 0.394. The Kier molecular flexibility index (Phi) is 4.58. The predicted octanol–water partition coefficient (Wildman–Crippen LogP) is 6.31. The van der Waals surface area contributed by atoms with Gasteiger partial charge in [-0.2, -0.15) is 5.10 Å². The van der Waals surface area contributed by atoms with E-state index in [1.807, 2.05) is 18.2 Å². The minimum Gasteiger partial charge on any atom is -0.384 e. The first-order valence-electron chi connectivity index (χ1n) is 7.80. The van der Waals surface area contributed by atoms with Gasteiger partial charge in [0.05, 0.1) is 12.3 Å². The van der Waals surface area contributed by atoms with E-state index in [-0.39, 0.29) is 0 Å². The van der Waals surface area contributed by atoms with Crippen molar-refractivity contribution in [2.45, 2.75) is 0 Å². The van der Waals surface area contributed by atoms with Crippen LogP contribution in [0.15, 0.2) is 48.8 Å². The van der Waals surface area contributed by atoms with E-state index >= 15 is 0 Å². The van der Waals surface area contributed by atoms with Crippen LogP contribution in [0.1, 0.15) is 0 Å². The van der Waals surface area contributed by atoms with E-state index < -0.39 is 0 Å². The first kappa shape index (κ1) is 17.6. The van der Waals surface area contributed by atoms with Crippen LogP contribution >= 0.6 is 34.5 Å². The lowest BCUT2D eigenvalue weighted by Gasteiger charge is -2.07. The summed E-state index contributed by atoms with van der Waals surface area (Å²) in [7, 11) is 0. The Morgan fingerprint density at radius 3 is 2.59 bits per heavy atom. The van der Waals surface area contributed by atoms with Gasteiger partial charge in [-0.15, -0.1) is 11.3 Å². The van der Waals surface area contributed by atoms with Crippen molar-refractivity contribution in [2.75, 3.05) is 5.73 Å². The Balaban J connectivity index is 2.06. The first-order valence-corrected chi connectivity index (χ1v) is 9.37. The number of halogens is 2. The SMILES string of the molecule is [C-]#[N+]c1c(-c2ccnc(N)c2)sc(-c2ccn[nH]2)c1-c1ccc(Cl)cc1Cl. The van der Waals surface area contributed by atoms with Crippen molar-refractivity contribution in [1.82, 2.24) is 15.2 Å². The van der Waals surface area contributed by atoms with Crippen molar-refractivity contribution in [2.24, 2.45) is 0 Å². The monoisotopic (exact) mass is 411 g/mol. The van der Waals surface area contributed by atoms with Crippen LogP contribution < -0.4 is 5.73 Å². The number of anilines is 1. The molecule has 0 saturated carbocycles. The Hall–Kier alpha value is -2.85. The smallest absolute Gasteiger partial charge is 0.213 e. The van der Waals surface area contributed by atoms with E-state index in [1.165, 1.54) is 11.3 Å². The van der Waals surface area contributed by atoms with Crippen LogP contribution in [-0.2, 0) is 0 Å².